The molecule has 1 N–H and O–H groups in total. The van der Waals surface area contributed by atoms with Crippen LogP contribution in [0.4, 0.5) is 5.69 Å². The molecule has 4 aromatic rings. The van der Waals surface area contributed by atoms with Crippen molar-refractivity contribution in [3.63, 3.8) is 0 Å². The van der Waals surface area contributed by atoms with E-state index in [1.807, 2.05) is 35.3 Å². The van der Waals surface area contributed by atoms with Gasteiger partial charge in [-0.25, -0.2) is 9.97 Å². The molecular weight excluding hydrogens is 424 g/mol. The molecule has 0 radical (unpaired) electrons. The number of anilines is 1. The van der Waals surface area contributed by atoms with Crippen molar-refractivity contribution in [1.82, 2.24) is 24.7 Å². The van der Waals surface area contributed by atoms with Gasteiger partial charge in [0, 0.05) is 42.4 Å². The summed E-state index contributed by atoms with van der Waals surface area (Å²) < 4.78 is 1.89. The van der Waals surface area contributed by atoms with E-state index in [1.165, 1.54) is 6.33 Å². The van der Waals surface area contributed by atoms with Crippen LogP contribution in [0, 0.1) is 28.6 Å². The quantitative estimate of drug-likeness (QED) is 0.492. The number of nitriles is 2. The minimum absolute atomic E-state index is 0.0768. The van der Waals surface area contributed by atoms with Gasteiger partial charge in [0.1, 0.15) is 18.0 Å². The third-order valence-electron chi connectivity index (χ3n) is 6.08. The molecule has 0 spiro atoms. The van der Waals surface area contributed by atoms with Crippen molar-refractivity contribution in [3.8, 4) is 23.4 Å². The van der Waals surface area contributed by atoms with E-state index in [1.54, 1.807) is 12.3 Å². The topological polar surface area (TPSA) is 110 Å². The molecule has 32 heavy (non-hydrogen) atoms. The second-order valence-corrected chi connectivity index (χ2v) is 8.25. The van der Waals surface area contributed by atoms with Gasteiger partial charge in [-0.3, -0.25) is 4.68 Å². The predicted octanol–water partition coefficient (Wildman–Crippen LogP) is 4.33. The Morgan fingerprint density at radius 3 is 3.00 bits per heavy atom. The van der Waals surface area contributed by atoms with E-state index in [4.69, 9.17) is 11.6 Å². The van der Waals surface area contributed by atoms with Crippen molar-refractivity contribution >= 4 is 28.3 Å². The summed E-state index contributed by atoms with van der Waals surface area (Å²) >= 11 is 6.23. The molecule has 0 bridgehead atoms. The number of halogens is 1. The maximum absolute atomic E-state index is 9.54. The van der Waals surface area contributed by atoms with Crippen LogP contribution >= 0.6 is 11.6 Å². The first-order valence-corrected chi connectivity index (χ1v) is 10.7. The Morgan fingerprint density at radius 2 is 2.16 bits per heavy atom. The van der Waals surface area contributed by atoms with E-state index in [0.717, 1.165) is 47.5 Å². The fourth-order valence-electron chi connectivity index (χ4n) is 4.52. The summed E-state index contributed by atoms with van der Waals surface area (Å²) in [7, 11) is 0. The molecule has 0 amide bonds. The van der Waals surface area contributed by atoms with Crippen LogP contribution in [-0.4, -0.2) is 37.8 Å². The van der Waals surface area contributed by atoms with Crippen molar-refractivity contribution in [2.75, 3.05) is 18.0 Å². The van der Waals surface area contributed by atoms with E-state index in [2.05, 4.69) is 37.1 Å². The highest BCUT2D eigenvalue weighted by atomic mass is 35.5. The van der Waals surface area contributed by atoms with Gasteiger partial charge < -0.3 is 9.88 Å². The van der Waals surface area contributed by atoms with Gasteiger partial charge >= 0.3 is 0 Å². The lowest BCUT2D eigenvalue weighted by atomic mass is 9.96. The van der Waals surface area contributed by atoms with Crippen molar-refractivity contribution in [2.45, 2.75) is 18.9 Å². The highest BCUT2D eigenvalue weighted by Crippen LogP contribution is 2.36. The Kier molecular flexibility index (Phi) is 5.22. The summed E-state index contributed by atoms with van der Waals surface area (Å²) in [4.78, 5) is 14.0. The first-order valence-electron chi connectivity index (χ1n) is 10.3. The average molecular weight is 443 g/mol. The third kappa shape index (κ3) is 3.45. The standard InChI is InChI=1S/C23H19ClN8/c24-19-2-1-3-21(18(19)10-26)31-9-6-15(12-31)20(4-7-25)32-13-16(11-30-32)22-17-5-8-27-23(17)29-14-28-22/h1-3,5,8,11,13-15,20H,4,6,9,12H2,(H,27,28,29)/t15-,20+/m0/s1. The number of rotatable bonds is 5. The van der Waals surface area contributed by atoms with E-state index < -0.39 is 0 Å². The van der Waals surface area contributed by atoms with Crippen LogP contribution in [0.1, 0.15) is 24.4 Å². The third-order valence-corrected chi connectivity index (χ3v) is 6.40. The lowest BCUT2D eigenvalue weighted by molar-refractivity contribution is 0.332. The summed E-state index contributed by atoms with van der Waals surface area (Å²) in [5.41, 5.74) is 3.81. The minimum atomic E-state index is -0.0768. The zero-order valence-corrected chi connectivity index (χ0v) is 17.9. The van der Waals surface area contributed by atoms with Crippen LogP contribution in [-0.2, 0) is 0 Å². The molecular formula is C23H19ClN8. The molecule has 1 fully saturated rings. The van der Waals surface area contributed by atoms with Gasteiger partial charge in [0.15, 0.2) is 0 Å². The molecule has 158 valence electrons. The maximum atomic E-state index is 9.54. The van der Waals surface area contributed by atoms with Gasteiger partial charge in [-0.15, -0.1) is 0 Å². The number of aromatic nitrogens is 5. The van der Waals surface area contributed by atoms with Crippen LogP contribution in [0.15, 0.2) is 49.2 Å². The zero-order chi connectivity index (χ0) is 22.1. The predicted molar refractivity (Wildman–Crippen MR) is 121 cm³/mol. The number of nitrogens with one attached hydrogen (secondary N) is 1. The van der Waals surface area contributed by atoms with Crippen LogP contribution < -0.4 is 4.90 Å². The van der Waals surface area contributed by atoms with Gasteiger partial charge in [-0.2, -0.15) is 15.6 Å². The Bertz CT molecular complexity index is 1360. The minimum Gasteiger partial charge on any atom is -0.370 e. The fraction of sp³-hybridized carbons (Fsp3) is 0.261. The lowest BCUT2D eigenvalue weighted by Gasteiger charge is -2.24. The number of aromatic amines is 1. The van der Waals surface area contributed by atoms with Gasteiger partial charge in [-0.1, -0.05) is 17.7 Å². The van der Waals surface area contributed by atoms with E-state index in [-0.39, 0.29) is 12.0 Å². The maximum Gasteiger partial charge on any atom is 0.141 e. The number of hydrogen-bond donors (Lipinski definition) is 1. The Balaban J connectivity index is 1.42. The summed E-state index contributed by atoms with van der Waals surface area (Å²) in [5.74, 6) is 0.214. The van der Waals surface area contributed by atoms with Crippen molar-refractivity contribution in [2.24, 2.45) is 5.92 Å². The average Bonchev–Trinajstić information content (AvgIpc) is 3.57. The van der Waals surface area contributed by atoms with Crippen LogP contribution in [0.25, 0.3) is 22.3 Å². The van der Waals surface area contributed by atoms with Crippen LogP contribution in [0.2, 0.25) is 5.02 Å². The van der Waals surface area contributed by atoms with Crippen LogP contribution in [0.3, 0.4) is 0 Å². The Hall–Kier alpha value is -3.88. The lowest BCUT2D eigenvalue weighted by Crippen LogP contribution is -2.25. The second-order valence-electron chi connectivity index (χ2n) is 7.84. The van der Waals surface area contributed by atoms with Gasteiger partial charge in [0.2, 0.25) is 0 Å². The number of benzene rings is 1. The van der Waals surface area contributed by atoms with Gasteiger partial charge in [-0.05, 0) is 24.6 Å². The zero-order valence-electron chi connectivity index (χ0n) is 17.1. The second kappa shape index (κ2) is 8.33. The molecule has 8 nitrogen and oxygen atoms in total. The number of hydrogen-bond acceptors (Lipinski definition) is 6. The summed E-state index contributed by atoms with van der Waals surface area (Å²) in [6.07, 6.45) is 8.36. The van der Waals surface area contributed by atoms with E-state index in [0.29, 0.717) is 17.0 Å². The molecule has 0 saturated carbocycles. The van der Waals surface area contributed by atoms with Gasteiger partial charge in [0.05, 0.1) is 46.7 Å². The number of fused-ring (bicyclic) bond motifs is 1. The normalized spacial score (nSPS) is 16.7. The molecule has 1 aliphatic rings. The SMILES string of the molecule is N#CC[C@H]([C@H]1CCN(c2cccc(Cl)c2C#N)C1)n1cc(-c2ncnc3[nH]ccc23)cn1. The molecule has 3 aromatic heterocycles. The van der Waals surface area contributed by atoms with Crippen molar-refractivity contribution < 1.29 is 0 Å². The van der Waals surface area contributed by atoms with Gasteiger partial charge in [0.25, 0.3) is 0 Å². The molecule has 1 aliphatic heterocycles. The van der Waals surface area contributed by atoms with Crippen LogP contribution in [0.5, 0.6) is 0 Å². The summed E-state index contributed by atoms with van der Waals surface area (Å²) in [6.45, 7) is 1.53. The highest BCUT2D eigenvalue weighted by molar-refractivity contribution is 6.32. The fourth-order valence-corrected chi connectivity index (χ4v) is 4.73. The van der Waals surface area contributed by atoms with Crippen molar-refractivity contribution in [3.05, 3.63) is 59.8 Å². The number of H-pyrrole nitrogens is 1. The summed E-state index contributed by atoms with van der Waals surface area (Å²) in [5, 5.41) is 25.0. The monoisotopic (exact) mass is 442 g/mol. The molecule has 9 heteroatoms. The highest BCUT2D eigenvalue weighted by Gasteiger charge is 2.32. The molecule has 2 atom stereocenters. The number of nitrogens with zero attached hydrogens (tertiary/aromatic N) is 7. The smallest absolute Gasteiger partial charge is 0.141 e. The molecule has 4 heterocycles. The molecule has 0 aliphatic carbocycles. The molecule has 5 rings (SSSR count). The Labute approximate surface area is 189 Å². The largest absolute Gasteiger partial charge is 0.370 e. The van der Waals surface area contributed by atoms with E-state index >= 15 is 0 Å². The van der Waals surface area contributed by atoms with Crippen molar-refractivity contribution in [1.29, 1.82) is 10.5 Å². The molecule has 1 aromatic carbocycles. The first-order chi connectivity index (χ1) is 15.7. The Morgan fingerprint density at radius 1 is 1.25 bits per heavy atom. The summed E-state index contributed by atoms with van der Waals surface area (Å²) in [6, 6.07) is 11.9. The molecule has 0 unspecified atom stereocenters. The first kappa shape index (κ1) is 20.0. The molecule has 1 saturated heterocycles. The van der Waals surface area contributed by atoms with E-state index in [9.17, 15) is 10.5 Å².